The van der Waals surface area contributed by atoms with Gasteiger partial charge in [-0.05, 0) is 43.9 Å². The van der Waals surface area contributed by atoms with E-state index in [-0.39, 0.29) is 11.6 Å². The van der Waals surface area contributed by atoms with E-state index in [1.807, 2.05) is 26.0 Å². The number of nitrogens with one attached hydrogen (secondary N) is 1. The Morgan fingerprint density at radius 2 is 2.08 bits per heavy atom. The lowest BCUT2D eigenvalue weighted by molar-refractivity contribution is -0.121. The molecule has 0 fully saturated rings. The number of rotatable bonds is 10. The van der Waals surface area contributed by atoms with E-state index in [0.29, 0.717) is 31.0 Å². The van der Waals surface area contributed by atoms with Gasteiger partial charge in [0, 0.05) is 24.8 Å². The number of aromatic nitrogens is 1. The molecule has 2 N–H and O–H groups in total. The number of carbonyl (C=O) groups excluding carboxylic acids is 1. The Morgan fingerprint density at radius 3 is 2.81 bits per heavy atom. The summed E-state index contributed by atoms with van der Waals surface area (Å²) in [4.78, 5) is 26.6. The van der Waals surface area contributed by atoms with Gasteiger partial charge in [-0.2, -0.15) is 0 Å². The molecule has 0 saturated carbocycles. The highest BCUT2D eigenvalue weighted by Crippen LogP contribution is 2.19. The molecule has 2 rings (SSSR count). The molecule has 0 aliphatic heterocycles. The molecule has 1 aromatic carbocycles. The predicted molar refractivity (Wildman–Crippen MR) is 101 cm³/mol. The number of carbonyl (C=O) groups is 2. The van der Waals surface area contributed by atoms with Gasteiger partial charge in [-0.15, -0.1) is 11.3 Å². The maximum Gasteiger partial charge on any atom is 0.355 e. The number of unbranched alkanes of at least 4 members (excludes halogenated alkanes) is 1. The van der Waals surface area contributed by atoms with Crippen molar-refractivity contribution in [2.75, 3.05) is 13.2 Å². The average molecular weight is 376 g/mol. The molecule has 1 aromatic heterocycles. The first-order valence-corrected chi connectivity index (χ1v) is 9.48. The van der Waals surface area contributed by atoms with Crippen LogP contribution in [0.15, 0.2) is 23.6 Å². The molecule has 0 unspecified atom stereocenters. The lowest BCUT2D eigenvalue weighted by Gasteiger charge is -2.10. The maximum atomic E-state index is 11.8. The Bertz CT molecular complexity index is 758. The summed E-state index contributed by atoms with van der Waals surface area (Å²) in [5, 5.41) is 13.9. The SMILES string of the molecule is Cc1ccc(C)c(OCCCCC(=O)NCCc2nc(C(=O)O)cs2)c1. The number of hydrogen-bond acceptors (Lipinski definition) is 5. The van der Waals surface area contributed by atoms with Gasteiger partial charge in [0.1, 0.15) is 5.75 Å². The molecule has 7 heteroatoms. The molecule has 1 heterocycles. The maximum absolute atomic E-state index is 11.8. The molecular weight excluding hydrogens is 352 g/mol. The number of aryl methyl sites for hydroxylation is 2. The van der Waals surface area contributed by atoms with E-state index in [9.17, 15) is 9.59 Å². The predicted octanol–water partition coefficient (Wildman–Crippen LogP) is 3.37. The molecule has 0 aliphatic carbocycles. The number of carboxylic acids is 1. The van der Waals surface area contributed by atoms with Crippen molar-refractivity contribution in [3.8, 4) is 5.75 Å². The normalized spacial score (nSPS) is 10.5. The van der Waals surface area contributed by atoms with E-state index < -0.39 is 5.97 Å². The van der Waals surface area contributed by atoms with Crippen LogP contribution in [-0.4, -0.2) is 35.1 Å². The molecule has 6 nitrogen and oxygen atoms in total. The first-order chi connectivity index (χ1) is 12.5. The van der Waals surface area contributed by atoms with Crippen LogP contribution in [0.3, 0.4) is 0 Å². The summed E-state index contributed by atoms with van der Waals surface area (Å²) >= 11 is 1.29. The second-order valence-corrected chi connectivity index (χ2v) is 7.05. The van der Waals surface area contributed by atoms with Crippen molar-refractivity contribution in [1.29, 1.82) is 0 Å². The van der Waals surface area contributed by atoms with Crippen molar-refractivity contribution in [2.24, 2.45) is 0 Å². The van der Waals surface area contributed by atoms with Crippen molar-refractivity contribution in [1.82, 2.24) is 10.3 Å². The molecular formula is C19H24N2O4S. The van der Waals surface area contributed by atoms with Crippen molar-refractivity contribution in [3.05, 3.63) is 45.4 Å². The Kier molecular flexibility index (Phi) is 7.59. The van der Waals surface area contributed by atoms with Gasteiger partial charge in [0.2, 0.25) is 5.91 Å². The van der Waals surface area contributed by atoms with E-state index in [2.05, 4.69) is 16.4 Å². The zero-order chi connectivity index (χ0) is 18.9. The largest absolute Gasteiger partial charge is 0.493 e. The fourth-order valence-electron chi connectivity index (χ4n) is 2.35. The molecule has 0 radical (unpaired) electrons. The van der Waals surface area contributed by atoms with E-state index in [1.165, 1.54) is 22.3 Å². The third kappa shape index (κ3) is 6.48. The van der Waals surface area contributed by atoms with Crippen LogP contribution in [-0.2, 0) is 11.2 Å². The lowest BCUT2D eigenvalue weighted by Crippen LogP contribution is -2.25. The first-order valence-electron chi connectivity index (χ1n) is 8.60. The first kappa shape index (κ1) is 19.9. The van der Waals surface area contributed by atoms with Crippen molar-refractivity contribution >= 4 is 23.2 Å². The fourth-order valence-corrected chi connectivity index (χ4v) is 3.13. The number of thiazole rings is 1. The smallest absolute Gasteiger partial charge is 0.355 e. The number of aromatic carboxylic acids is 1. The second kappa shape index (κ2) is 9.91. The highest BCUT2D eigenvalue weighted by molar-refractivity contribution is 7.09. The minimum atomic E-state index is -1.03. The molecule has 0 aliphatic rings. The number of benzene rings is 1. The third-order valence-electron chi connectivity index (χ3n) is 3.83. The van der Waals surface area contributed by atoms with Gasteiger partial charge in [0.05, 0.1) is 11.6 Å². The standard InChI is InChI=1S/C19H24N2O4S/c1-13-6-7-14(2)16(11-13)25-10-4-3-5-17(22)20-9-8-18-21-15(12-26-18)19(23)24/h6-7,11-12H,3-5,8-10H2,1-2H3,(H,20,22)(H,23,24). The Balaban J connectivity index is 1.57. The van der Waals surface area contributed by atoms with Gasteiger partial charge in [0.15, 0.2) is 5.69 Å². The molecule has 140 valence electrons. The topological polar surface area (TPSA) is 88.5 Å². The van der Waals surface area contributed by atoms with Crippen molar-refractivity contribution in [3.63, 3.8) is 0 Å². The lowest BCUT2D eigenvalue weighted by atomic mass is 10.1. The number of hydrogen-bond donors (Lipinski definition) is 2. The zero-order valence-corrected chi connectivity index (χ0v) is 15.9. The number of amides is 1. The van der Waals surface area contributed by atoms with E-state index in [0.717, 1.165) is 24.2 Å². The molecule has 0 bridgehead atoms. The van der Waals surface area contributed by atoms with Gasteiger partial charge in [-0.1, -0.05) is 12.1 Å². The van der Waals surface area contributed by atoms with Gasteiger partial charge in [-0.3, -0.25) is 4.79 Å². The summed E-state index contributed by atoms with van der Waals surface area (Å²) in [5.74, 6) is -0.134. The van der Waals surface area contributed by atoms with Crippen LogP contribution in [0.25, 0.3) is 0 Å². The fraction of sp³-hybridized carbons (Fsp3) is 0.421. The molecule has 0 saturated heterocycles. The van der Waals surface area contributed by atoms with Crippen LogP contribution in [0.5, 0.6) is 5.75 Å². The van der Waals surface area contributed by atoms with Crippen LogP contribution in [0.1, 0.15) is 45.9 Å². The van der Waals surface area contributed by atoms with Crippen LogP contribution < -0.4 is 10.1 Å². The molecule has 0 spiro atoms. The third-order valence-corrected chi connectivity index (χ3v) is 4.74. The van der Waals surface area contributed by atoms with Crippen LogP contribution >= 0.6 is 11.3 Å². The number of nitrogens with zero attached hydrogens (tertiary/aromatic N) is 1. The quantitative estimate of drug-likeness (QED) is 0.621. The van der Waals surface area contributed by atoms with Gasteiger partial charge < -0.3 is 15.2 Å². The number of ether oxygens (including phenoxy) is 1. The average Bonchev–Trinajstić information content (AvgIpc) is 3.07. The van der Waals surface area contributed by atoms with E-state index in [1.54, 1.807) is 0 Å². The Morgan fingerprint density at radius 1 is 1.27 bits per heavy atom. The van der Waals surface area contributed by atoms with Crippen LogP contribution in [0.4, 0.5) is 0 Å². The summed E-state index contributed by atoms with van der Waals surface area (Å²) in [5.41, 5.74) is 2.34. The van der Waals surface area contributed by atoms with E-state index >= 15 is 0 Å². The van der Waals surface area contributed by atoms with Crippen molar-refractivity contribution < 1.29 is 19.4 Å². The second-order valence-electron chi connectivity index (χ2n) is 6.11. The molecule has 0 atom stereocenters. The van der Waals surface area contributed by atoms with Gasteiger partial charge in [0.25, 0.3) is 0 Å². The Hall–Kier alpha value is -2.41. The zero-order valence-electron chi connectivity index (χ0n) is 15.1. The van der Waals surface area contributed by atoms with Gasteiger partial charge in [-0.25, -0.2) is 9.78 Å². The van der Waals surface area contributed by atoms with E-state index in [4.69, 9.17) is 9.84 Å². The molecule has 26 heavy (non-hydrogen) atoms. The van der Waals surface area contributed by atoms with Crippen LogP contribution in [0.2, 0.25) is 0 Å². The van der Waals surface area contributed by atoms with Gasteiger partial charge >= 0.3 is 5.97 Å². The summed E-state index contributed by atoms with van der Waals surface area (Å²) in [7, 11) is 0. The summed E-state index contributed by atoms with van der Waals surface area (Å²) in [6.07, 6.45) is 2.57. The monoisotopic (exact) mass is 376 g/mol. The van der Waals surface area contributed by atoms with Crippen LogP contribution in [0, 0.1) is 13.8 Å². The Labute approximate surface area is 157 Å². The molecule has 2 aromatic rings. The van der Waals surface area contributed by atoms with Crippen molar-refractivity contribution in [2.45, 2.75) is 39.5 Å². The number of carboxylic acid groups (broad SMARTS) is 1. The summed E-state index contributed by atoms with van der Waals surface area (Å²) in [6.45, 7) is 5.11. The minimum absolute atomic E-state index is 0.00764. The highest BCUT2D eigenvalue weighted by Gasteiger charge is 2.09. The minimum Gasteiger partial charge on any atom is -0.493 e. The molecule has 1 amide bonds. The highest BCUT2D eigenvalue weighted by atomic mass is 32.1. The summed E-state index contributed by atoms with van der Waals surface area (Å²) < 4.78 is 5.77. The summed E-state index contributed by atoms with van der Waals surface area (Å²) in [6, 6.07) is 6.12.